The molecule has 2 N–H and O–H groups in total. The molecule has 0 bridgehead atoms. The molecule has 20 heavy (non-hydrogen) atoms. The molecule has 7 nitrogen and oxygen atoms in total. The van der Waals surface area contributed by atoms with Crippen molar-refractivity contribution in [1.29, 1.82) is 0 Å². The van der Waals surface area contributed by atoms with Gasteiger partial charge in [-0.05, 0) is 12.1 Å². The van der Waals surface area contributed by atoms with Crippen molar-refractivity contribution >= 4 is 28.5 Å². The number of aliphatic hydroxyl groups is 1. The van der Waals surface area contributed by atoms with Gasteiger partial charge >= 0.3 is 0 Å². The van der Waals surface area contributed by atoms with Crippen LogP contribution in [0.4, 0.5) is 5.69 Å². The van der Waals surface area contributed by atoms with Crippen LogP contribution in [0, 0.1) is 0 Å². The molecule has 0 saturated heterocycles. The molecule has 1 aliphatic heterocycles. The number of carbonyl (C=O) groups excluding carboxylic acids is 2. The second kappa shape index (κ2) is 4.78. The Bertz CT molecular complexity index is 719. The largest absolute Gasteiger partial charge is 0.395 e. The molecule has 3 rings (SSSR count). The van der Waals surface area contributed by atoms with Crippen molar-refractivity contribution < 1.29 is 19.2 Å². The molecule has 7 heteroatoms. The van der Waals surface area contributed by atoms with Gasteiger partial charge in [-0.1, -0.05) is 5.16 Å². The number of hydrogen-bond acceptors (Lipinski definition) is 6. The minimum Gasteiger partial charge on any atom is -0.395 e. The van der Waals surface area contributed by atoms with Crippen LogP contribution in [0.3, 0.4) is 0 Å². The van der Waals surface area contributed by atoms with Crippen LogP contribution in [0.1, 0.15) is 0 Å². The predicted molar refractivity (Wildman–Crippen MR) is 69.5 cm³/mol. The highest BCUT2D eigenvalue weighted by Crippen LogP contribution is 2.21. The maximum Gasteiger partial charge on any atom is 0.277 e. The lowest BCUT2D eigenvalue weighted by atomic mass is 10.2. The second-order valence-electron chi connectivity index (χ2n) is 4.28. The van der Waals surface area contributed by atoms with E-state index in [1.165, 1.54) is 6.08 Å². The number of carbonyl (C=O) groups is 2. The second-order valence-corrected chi connectivity index (χ2v) is 4.28. The molecule has 1 aromatic carbocycles. The Balaban J connectivity index is 1.82. The van der Waals surface area contributed by atoms with Crippen LogP contribution in [-0.2, 0) is 9.59 Å². The minimum absolute atomic E-state index is 0.0134. The Morgan fingerprint density at radius 1 is 1.35 bits per heavy atom. The van der Waals surface area contributed by atoms with Gasteiger partial charge in [0.05, 0.1) is 19.3 Å². The Morgan fingerprint density at radius 3 is 3.00 bits per heavy atom. The molecule has 0 spiro atoms. The number of anilines is 1. The fourth-order valence-electron chi connectivity index (χ4n) is 2.00. The molecular formula is C13H11N3O4. The Labute approximate surface area is 113 Å². The summed E-state index contributed by atoms with van der Waals surface area (Å²) in [4.78, 5) is 24.5. The van der Waals surface area contributed by atoms with Gasteiger partial charge in [-0.2, -0.15) is 0 Å². The molecule has 2 aromatic rings. The Kier molecular flexibility index (Phi) is 2.96. The first kappa shape index (κ1) is 12.4. The summed E-state index contributed by atoms with van der Waals surface area (Å²) in [6, 6.07) is 5.24. The number of nitrogens with one attached hydrogen (secondary N) is 1. The average Bonchev–Trinajstić information content (AvgIpc) is 2.99. The van der Waals surface area contributed by atoms with Gasteiger partial charge in [-0.15, -0.1) is 0 Å². The number of benzene rings is 1. The van der Waals surface area contributed by atoms with Gasteiger partial charge in [0.25, 0.3) is 11.8 Å². The summed E-state index contributed by atoms with van der Waals surface area (Å²) in [5, 5.41) is 16.2. The van der Waals surface area contributed by atoms with E-state index in [-0.39, 0.29) is 18.8 Å². The van der Waals surface area contributed by atoms with Crippen LogP contribution in [0.25, 0.3) is 11.0 Å². The highest BCUT2D eigenvalue weighted by molar-refractivity contribution is 6.17. The van der Waals surface area contributed by atoms with E-state index in [9.17, 15) is 9.59 Å². The summed E-state index contributed by atoms with van der Waals surface area (Å²) in [6.07, 6.45) is 2.80. The van der Waals surface area contributed by atoms with E-state index >= 15 is 0 Å². The van der Waals surface area contributed by atoms with Gasteiger partial charge in [0.1, 0.15) is 5.70 Å². The summed E-state index contributed by atoms with van der Waals surface area (Å²) < 4.78 is 5.03. The molecule has 1 aliphatic rings. The summed E-state index contributed by atoms with van der Waals surface area (Å²) in [6.45, 7) is -0.275. The van der Waals surface area contributed by atoms with Crippen molar-refractivity contribution in [3.8, 4) is 0 Å². The molecule has 0 aliphatic carbocycles. The van der Waals surface area contributed by atoms with E-state index in [0.29, 0.717) is 11.3 Å². The van der Waals surface area contributed by atoms with Crippen LogP contribution < -0.4 is 5.32 Å². The van der Waals surface area contributed by atoms with Crippen molar-refractivity contribution in [2.75, 3.05) is 18.5 Å². The van der Waals surface area contributed by atoms with Gasteiger partial charge in [0, 0.05) is 23.2 Å². The third-order valence-corrected chi connectivity index (χ3v) is 2.97. The highest BCUT2D eigenvalue weighted by atomic mass is 16.5. The first-order valence-corrected chi connectivity index (χ1v) is 5.99. The van der Waals surface area contributed by atoms with E-state index in [1.807, 2.05) is 0 Å². The number of β-amino-alcohol motifs (C(OH)–C–C–N with tert-alkyl or cyclic N) is 1. The van der Waals surface area contributed by atoms with Crippen LogP contribution in [0.2, 0.25) is 0 Å². The quantitative estimate of drug-likeness (QED) is 0.787. The lowest BCUT2D eigenvalue weighted by Gasteiger charge is -2.13. The van der Waals surface area contributed by atoms with Gasteiger partial charge in [-0.3, -0.25) is 14.5 Å². The van der Waals surface area contributed by atoms with Crippen molar-refractivity contribution in [1.82, 2.24) is 10.1 Å². The van der Waals surface area contributed by atoms with Gasteiger partial charge in [0.15, 0.2) is 5.58 Å². The maximum atomic E-state index is 12.0. The predicted octanol–water partition coefficient (Wildman–Crippen LogP) is 0.485. The molecule has 102 valence electrons. The van der Waals surface area contributed by atoms with Gasteiger partial charge < -0.3 is 14.9 Å². The van der Waals surface area contributed by atoms with Crippen molar-refractivity contribution in [3.05, 3.63) is 36.2 Å². The van der Waals surface area contributed by atoms with Crippen LogP contribution in [0.5, 0.6) is 0 Å². The van der Waals surface area contributed by atoms with E-state index in [1.54, 1.807) is 24.4 Å². The monoisotopic (exact) mass is 273 g/mol. The van der Waals surface area contributed by atoms with Gasteiger partial charge in [0.2, 0.25) is 0 Å². The number of aliphatic hydroxyl groups excluding tert-OH is 1. The van der Waals surface area contributed by atoms with E-state index in [4.69, 9.17) is 9.63 Å². The summed E-state index contributed by atoms with van der Waals surface area (Å²) in [5.41, 5.74) is 1.37. The first-order chi connectivity index (χ1) is 9.69. The lowest BCUT2D eigenvalue weighted by molar-refractivity contribution is -0.137. The Hall–Kier alpha value is -2.67. The normalized spacial score (nSPS) is 15.1. The fourth-order valence-corrected chi connectivity index (χ4v) is 2.00. The van der Waals surface area contributed by atoms with Crippen molar-refractivity contribution in [2.45, 2.75) is 0 Å². The highest BCUT2D eigenvalue weighted by Gasteiger charge is 2.30. The minimum atomic E-state index is -0.457. The number of rotatable bonds is 4. The fraction of sp³-hybridized carbons (Fsp3) is 0.154. The summed E-state index contributed by atoms with van der Waals surface area (Å²) in [7, 11) is 0. The topological polar surface area (TPSA) is 95.7 Å². The van der Waals surface area contributed by atoms with E-state index in [0.717, 1.165) is 10.3 Å². The molecule has 1 aromatic heterocycles. The first-order valence-electron chi connectivity index (χ1n) is 5.99. The summed E-state index contributed by atoms with van der Waals surface area (Å²) >= 11 is 0. The summed E-state index contributed by atoms with van der Waals surface area (Å²) in [5.74, 6) is -0.894. The number of fused-ring (bicyclic) bond motifs is 1. The van der Waals surface area contributed by atoms with Crippen LogP contribution in [0.15, 0.2) is 40.7 Å². The molecule has 0 fully saturated rings. The number of imide groups is 1. The maximum absolute atomic E-state index is 12.0. The zero-order valence-electron chi connectivity index (χ0n) is 10.4. The number of nitrogens with zero attached hydrogens (tertiary/aromatic N) is 2. The van der Waals surface area contributed by atoms with Crippen LogP contribution in [-0.4, -0.2) is 40.1 Å². The molecule has 0 unspecified atom stereocenters. The number of amides is 2. The number of hydrogen-bond donors (Lipinski definition) is 2. The molecular weight excluding hydrogens is 262 g/mol. The molecule has 2 amide bonds. The van der Waals surface area contributed by atoms with Crippen LogP contribution >= 0.6 is 0 Å². The average molecular weight is 273 g/mol. The molecule has 0 atom stereocenters. The Morgan fingerprint density at radius 2 is 2.20 bits per heavy atom. The van der Waals surface area contributed by atoms with Crippen molar-refractivity contribution in [3.63, 3.8) is 0 Å². The zero-order valence-corrected chi connectivity index (χ0v) is 10.4. The smallest absolute Gasteiger partial charge is 0.277 e. The molecule has 0 saturated carbocycles. The third kappa shape index (κ3) is 2.04. The van der Waals surface area contributed by atoms with E-state index in [2.05, 4.69) is 10.5 Å². The zero-order chi connectivity index (χ0) is 14.1. The number of aromatic nitrogens is 1. The third-order valence-electron chi connectivity index (χ3n) is 2.97. The molecule has 2 heterocycles. The van der Waals surface area contributed by atoms with Gasteiger partial charge in [-0.25, -0.2) is 0 Å². The van der Waals surface area contributed by atoms with E-state index < -0.39 is 11.8 Å². The van der Waals surface area contributed by atoms with Crippen molar-refractivity contribution in [2.24, 2.45) is 0 Å². The SMILES string of the molecule is O=C1C=C(Nc2ccc3cnoc3c2)C(=O)N1CCO. The standard InChI is InChI=1S/C13H11N3O4/c17-4-3-16-12(18)6-10(13(16)19)15-9-2-1-8-7-14-20-11(8)5-9/h1-2,5-7,15,17H,3-4H2. The molecule has 0 radical (unpaired) electrons. The lowest BCUT2D eigenvalue weighted by Crippen LogP contribution is -2.34.